The summed E-state index contributed by atoms with van der Waals surface area (Å²) in [5.41, 5.74) is 6.83. The number of likely N-dealkylation sites (tertiary alicyclic amines) is 1. The molecular formula is C29H34N6O7S. The second-order valence-electron chi connectivity index (χ2n) is 11.5. The van der Waals surface area contributed by atoms with Crippen LogP contribution in [0.15, 0.2) is 52.5 Å². The fourth-order valence-corrected chi connectivity index (χ4v) is 8.12. The van der Waals surface area contributed by atoms with Crippen molar-refractivity contribution in [2.75, 3.05) is 45.0 Å². The first kappa shape index (κ1) is 29.2. The van der Waals surface area contributed by atoms with E-state index in [2.05, 4.69) is 10.2 Å². The Balaban J connectivity index is 1.05. The number of imide groups is 2. The number of nitrogens with two attached hydrogens (primary N) is 1. The number of benzene rings is 1. The highest BCUT2D eigenvalue weighted by atomic mass is 32.2. The average molecular weight is 611 g/mol. The maximum atomic E-state index is 13.5. The van der Waals surface area contributed by atoms with Gasteiger partial charge >= 0.3 is 0 Å². The van der Waals surface area contributed by atoms with Crippen LogP contribution in [-0.4, -0.2) is 108 Å². The Labute approximate surface area is 249 Å². The van der Waals surface area contributed by atoms with Crippen LogP contribution in [0, 0.1) is 5.92 Å². The number of sulfonamides is 1. The van der Waals surface area contributed by atoms with Gasteiger partial charge in [0.25, 0.3) is 11.8 Å². The largest absolute Gasteiger partial charge is 0.399 e. The summed E-state index contributed by atoms with van der Waals surface area (Å²) in [4.78, 5) is 69.2. The molecule has 1 aliphatic carbocycles. The molecule has 4 aliphatic heterocycles. The van der Waals surface area contributed by atoms with Crippen molar-refractivity contribution in [1.82, 2.24) is 24.3 Å². The van der Waals surface area contributed by atoms with Crippen LogP contribution in [0.3, 0.4) is 0 Å². The van der Waals surface area contributed by atoms with Crippen LogP contribution in [0.4, 0.5) is 5.69 Å². The normalized spacial score (nSPS) is 26.2. The lowest BCUT2D eigenvalue weighted by atomic mass is 9.88. The van der Waals surface area contributed by atoms with Gasteiger partial charge < -0.3 is 10.6 Å². The summed E-state index contributed by atoms with van der Waals surface area (Å²) in [6.07, 6.45) is 5.34. The van der Waals surface area contributed by atoms with E-state index in [1.807, 2.05) is 6.08 Å². The molecule has 2 unspecified atom stereocenters. The van der Waals surface area contributed by atoms with Gasteiger partial charge in [0, 0.05) is 55.8 Å². The molecule has 5 amide bonds. The minimum absolute atomic E-state index is 0.00350. The van der Waals surface area contributed by atoms with E-state index < -0.39 is 39.7 Å². The molecule has 0 radical (unpaired) electrons. The second kappa shape index (κ2) is 11.3. The number of hydrogen-bond donors (Lipinski definition) is 2. The van der Waals surface area contributed by atoms with Gasteiger partial charge in [0.05, 0.1) is 10.5 Å². The molecule has 1 aromatic carbocycles. The number of amides is 5. The maximum absolute atomic E-state index is 13.5. The molecule has 1 aromatic rings. The van der Waals surface area contributed by atoms with Crippen LogP contribution in [0.5, 0.6) is 0 Å². The third-order valence-corrected chi connectivity index (χ3v) is 11.0. The number of rotatable bonds is 5. The van der Waals surface area contributed by atoms with Crippen molar-refractivity contribution in [3.8, 4) is 0 Å². The monoisotopic (exact) mass is 610 g/mol. The SMILES string of the molecule is Nc1ccc(S(=O)(=O)N2CCN(C(=O)C3CCN(C4CC=CC5=C4C(=O)N(C4CCC(=O)NC4=O)C5=O)CC3)CC2)cc1. The molecule has 3 fully saturated rings. The van der Waals surface area contributed by atoms with Crippen molar-refractivity contribution in [2.24, 2.45) is 5.92 Å². The zero-order valence-electron chi connectivity index (χ0n) is 23.6. The molecule has 2 atom stereocenters. The fraction of sp³-hybridized carbons (Fsp3) is 0.483. The number of hydrogen-bond acceptors (Lipinski definition) is 9. The average Bonchev–Trinajstić information content (AvgIpc) is 3.26. The minimum atomic E-state index is -3.67. The standard InChI is InChI=1S/C29H34N6O7S/c30-19-4-6-20(7-5-19)43(41,42)34-16-14-33(15-17-34)27(38)18-10-12-32(13-11-18)22-3-1-2-21-25(22)29(40)35(28(21)39)23-8-9-24(36)31-26(23)37/h1-2,4-7,18,22-23H,3,8-17,30H2,(H,31,36,37). The zero-order valence-corrected chi connectivity index (χ0v) is 24.4. The number of piperazine rings is 1. The molecule has 0 saturated carbocycles. The van der Waals surface area contributed by atoms with Gasteiger partial charge in [0.15, 0.2) is 0 Å². The first-order chi connectivity index (χ1) is 20.6. The summed E-state index contributed by atoms with van der Waals surface area (Å²) in [6.45, 7) is 2.15. The van der Waals surface area contributed by atoms with E-state index >= 15 is 0 Å². The Kier molecular flexibility index (Phi) is 7.69. The first-order valence-corrected chi connectivity index (χ1v) is 16.0. The molecule has 0 spiro atoms. The minimum Gasteiger partial charge on any atom is -0.399 e. The van der Waals surface area contributed by atoms with E-state index in [1.165, 1.54) is 16.4 Å². The van der Waals surface area contributed by atoms with Gasteiger partial charge in [-0.25, -0.2) is 8.42 Å². The quantitative estimate of drug-likeness (QED) is 0.333. The number of nitrogens with one attached hydrogen (secondary N) is 1. The Morgan fingerprint density at radius 2 is 1.53 bits per heavy atom. The number of nitrogens with zero attached hydrogens (tertiary/aromatic N) is 4. The van der Waals surface area contributed by atoms with Crippen LogP contribution in [-0.2, 0) is 34.0 Å². The van der Waals surface area contributed by atoms with Gasteiger partial charge in [0.2, 0.25) is 27.7 Å². The molecule has 228 valence electrons. The van der Waals surface area contributed by atoms with E-state index in [0.29, 0.717) is 56.7 Å². The lowest BCUT2D eigenvalue weighted by Gasteiger charge is -2.40. The second-order valence-corrected chi connectivity index (χ2v) is 13.5. The van der Waals surface area contributed by atoms with Gasteiger partial charge in [-0.1, -0.05) is 12.2 Å². The third kappa shape index (κ3) is 5.27. The Hall–Kier alpha value is -3.88. The summed E-state index contributed by atoms with van der Waals surface area (Å²) in [5, 5.41) is 2.22. The molecule has 5 aliphatic rings. The van der Waals surface area contributed by atoms with Crippen molar-refractivity contribution in [1.29, 1.82) is 0 Å². The Bertz CT molecular complexity index is 1540. The summed E-state index contributed by atoms with van der Waals surface area (Å²) in [5.74, 6) is -2.28. The lowest BCUT2D eigenvalue weighted by Crippen LogP contribution is -2.55. The molecule has 43 heavy (non-hydrogen) atoms. The van der Waals surface area contributed by atoms with Gasteiger partial charge in [-0.05, 0) is 63.0 Å². The summed E-state index contributed by atoms with van der Waals surface area (Å²) in [7, 11) is -3.67. The third-order valence-electron chi connectivity index (χ3n) is 9.08. The molecule has 0 bridgehead atoms. The highest BCUT2D eigenvalue weighted by molar-refractivity contribution is 7.89. The Morgan fingerprint density at radius 3 is 2.19 bits per heavy atom. The van der Waals surface area contributed by atoms with E-state index in [9.17, 15) is 32.4 Å². The fourth-order valence-electron chi connectivity index (χ4n) is 6.70. The molecule has 6 rings (SSSR count). The van der Waals surface area contributed by atoms with Crippen LogP contribution < -0.4 is 11.1 Å². The van der Waals surface area contributed by atoms with Crippen molar-refractivity contribution >= 4 is 45.2 Å². The zero-order chi connectivity index (χ0) is 30.5. The van der Waals surface area contributed by atoms with Gasteiger partial charge in [-0.3, -0.25) is 39.1 Å². The molecule has 0 aromatic heterocycles. The van der Waals surface area contributed by atoms with Crippen molar-refractivity contribution in [3.05, 3.63) is 47.6 Å². The predicted molar refractivity (Wildman–Crippen MR) is 153 cm³/mol. The molecular weight excluding hydrogens is 576 g/mol. The summed E-state index contributed by atoms with van der Waals surface area (Å²) in [6, 6.07) is 4.72. The maximum Gasteiger partial charge on any atom is 0.262 e. The van der Waals surface area contributed by atoms with Crippen LogP contribution in [0.25, 0.3) is 0 Å². The van der Waals surface area contributed by atoms with Crippen molar-refractivity contribution < 1.29 is 32.4 Å². The van der Waals surface area contributed by atoms with Crippen LogP contribution in [0.2, 0.25) is 0 Å². The van der Waals surface area contributed by atoms with Crippen LogP contribution in [0.1, 0.15) is 32.1 Å². The topological polar surface area (TPSA) is 170 Å². The lowest BCUT2D eigenvalue weighted by molar-refractivity contribution is -0.150. The first-order valence-electron chi connectivity index (χ1n) is 14.6. The number of anilines is 1. The molecule has 14 heteroatoms. The molecule has 13 nitrogen and oxygen atoms in total. The van der Waals surface area contributed by atoms with E-state index in [4.69, 9.17) is 5.73 Å². The Morgan fingerprint density at radius 1 is 0.860 bits per heavy atom. The molecule has 4 heterocycles. The number of carbonyl (C=O) groups excluding carboxylic acids is 5. The highest BCUT2D eigenvalue weighted by Gasteiger charge is 2.49. The van der Waals surface area contributed by atoms with Gasteiger partial charge in [-0.2, -0.15) is 4.31 Å². The van der Waals surface area contributed by atoms with Crippen molar-refractivity contribution in [3.63, 3.8) is 0 Å². The van der Waals surface area contributed by atoms with Gasteiger partial charge in [-0.15, -0.1) is 0 Å². The molecule has 3 saturated heterocycles. The van der Waals surface area contributed by atoms with E-state index in [0.717, 1.165) is 4.90 Å². The van der Waals surface area contributed by atoms with Crippen molar-refractivity contribution in [2.45, 2.75) is 49.1 Å². The van der Waals surface area contributed by atoms with Gasteiger partial charge in [0.1, 0.15) is 6.04 Å². The summed E-state index contributed by atoms with van der Waals surface area (Å²) < 4.78 is 27.4. The smallest absolute Gasteiger partial charge is 0.262 e. The predicted octanol–water partition coefficient (Wildman–Crippen LogP) is -0.387. The van der Waals surface area contributed by atoms with E-state index in [1.54, 1.807) is 23.1 Å². The number of nitrogen functional groups attached to an aromatic ring is 1. The summed E-state index contributed by atoms with van der Waals surface area (Å²) >= 11 is 0. The highest BCUT2D eigenvalue weighted by Crippen LogP contribution is 2.36. The van der Waals surface area contributed by atoms with Crippen LogP contribution >= 0.6 is 0 Å². The number of piperidine rings is 2. The number of carbonyl (C=O) groups is 5. The van der Waals surface area contributed by atoms with E-state index in [-0.39, 0.29) is 54.3 Å². The molecule has 3 N–H and O–H groups in total.